The van der Waals surface area contributed by atoms with Crippen LogP contribution in [0.3, 0.4) is 0 Å². The minimum Gasteiger partial charge on any atom is -0.477 e. The van der Waals surface area contributed by atoms with E-state index in [0.29, 0.717) is 19.6 Å². The number of rotatable bonds is 5. The lowest BCUT2D eigenvalue weighted by molar-refractivity contribution is -0.126. The predicted molar refractivity (Wildman–Crippen MR) is 103 cm³/mol. The largest absolute Gasteiger partial charge is 0.477 e. The van der Waals surface area contributed by atoms with Crippen LogP contribution < -0.4 is 10.6 Å². The zero-order valence-corrected chi connectivity index (χ0v) is 15.5. The van der Waals surface area contributed by atoms with E-state index in [-0.39, 0.29) is 22.7 Å². The summed E-state index contributed by atoms with van der Waals surface area (Å²) in [7, 11) is 0. The number of nitrogens with zero attached hydrogens (tertiary/aromatic N) is 1. The summed E-state index contributed by atoms with van der Waals surface area (Å²) in [6, 6.07) is 12.2. The number of piperidine rings is 1. The number of hydrogen-bond acceptors (Lipinski definition) is 4. The van der Waals surface area contributed by atoms with Gasteiger partial charge in [0.25, 0.3) is 0 Å². The summed E-state index contributed by atoms with van der Waals surface area (Å²) in [4.78, 5) is 38.5. The third-order valence-corrected chi connectivity index (χ3v) is 5.49. The van der Waals surface area contributed by atoms with Gasteiger partial charge in [-0.2, -0.15) is 0 Å². The Morgan fingerprint density at radius 2 is 1.93 bits per heavy atom. The van der Waals surface area contributed by atoms with Crippen LogP contribution in [0, 0.1) is 5.92 Å². The van der Waals surface area contributed by atoms with Crippen molar-refractivity contribution in [1.82, 2.24) is 10.2 Å². The molecule has 0 radical (unpaired) electrons. The Bertz CT molecular complexity index is 821. The first-order chi connectivity index (χ1) is 13.0. The maximum atomic E-state index is 12.5. The quantitative estimate of drug-likeness (QED) is 0.734. The Hall–Kier alpha value is -2.87. The molecular formula is C19H21N3O4S. The maximum Gasteiger partial charge on any atom is 0.345 e. The van der Waals surface area contributed by atoms with Gasteiger partial charge in [0.05, 0.1) is 12.5 Å². The zero-order chi connectivity index (χ0) is 19.2. The molecule has 1 aromatic carbocycles. The average Bonchev–Trinajstić information content (AvgIpc) is 3.16. The van der Waals surface area contributed by atoms with Gasteiger partial charge in [-0.3, -0.25) is 4.79 Å². The fourth-order valence-corrected chi connectivity index (χ4v) is 3.79. The highest BCUT2D eigenvalue weighted by atomic mass is 32.1. The standard InChI is InChI=1S/C19H21N3O4S/c23-17(20-11-15-8-9-16(27-15)18(24)25)13-5-4-10-22(12-13)19(26)21-14-6-2-1-3-7-14/h1-3,6-9,13H,4-5,10-12H2,(H,20,23)(H,21,26)(H,24,25). The van der Waals surface area contributed by atoms with Crippen LogP contribution in [-0.4, -0.2) is 41.0 Å². The first kappa shape index (κ1) is 18.9. The van der Waals surface area contributed by atoms with Crippen LogP contribution in [0.5, 0.6) is 0 Å². The van der Waals surface area contributed by atoms with E-state index in [2.05, 4.69) is 10.6 Å². The number of aromatic carboxylic acids is 1. The van der Waals surface area contributed by atoms with Gasteiger partial charge in [0, 0.05) is 23.7 Å². The third-order valence-electron chi connectivity index (χ3n) is 4.41. The lowest BCUT2D eigenvalue weighted by Gasteiger charge is -2.32. The van der Waals surface area contributed by atoms with Crippen molar-refractivity contribution in [3.8, 4) is 0 Å². The number of urea groups is 1. The summed E-state index contributed by atoms with van der Waals surface area (Å²) in [5, 5.41) is 14.6. The Labute approximate surface area is 161 Å². The van der Waals surface area contributed by atoms with E-state index in [4.69, 9.17) is 5.11 Å². The highest BCUT2D eigenvalue weighted by molar-refractivity contribution is 7.13. The fraction of sp³-hybridized carbons (Fsp3) is 0.316. The van der Waals surface area contributed by atoms with Crippen molar-refractivity contribution in [2.75, 3.05) is 18.4 Å². The van der Waals surface area contributed by atoms with Gasteiger partial charge in [0.2, 0.25) is 5.91 Å². The molecule has 3 amide bonds. The van der Waals surface area contributed by atoms with Crippen LogP contribution >= 0.6 is 11.3 Å². The van der Waals surface area contributed by atoms with E-state index in [1.807, 2.05) is 30.3 Å². The van der Waals surface area contributed by atoms with Crippen molar-refractivity contribution >= 4 is 34.9 Å². The fourth-order valence-electron chi connectivity index (χ4n) is 3.01. The second kappa shape index (κ2) is 8.68. The van der Waals surface area contributed by atoms with Gasteiger partial charge in [-0.05, 0) is 37.1 Å². The Morgan fingerprint density at radius 1 is 1.15 bits per heavy atom. The number of carbonyl (C=O) groups excluding carboxylic acids is 2. The number of nitrogens with one attached hydrogen (secondary N) is 2. The normalized spacial score (nSPS) is 16.6. The first-order valence-electron chi connectivity index (χ1n) is 8.73. The number of carbonyl (C=O) groups is 3. The second-order valence-corrected chi connectivity index (χ2v) is 7.54. The zero-order valence-electron chi connectivity index (χ0n) is 14.7. The first-order valence-corrected chi connectivity index (χ1v) is 9.55. The number of likely N-dealkylation sites (tertiary alicyclic amines) is 1. The minimum absolute atomic E-state index is 0.113. The van der Waals surface area contributed by atoms with Crippen molar-refractivity contribution in [3.63, 3.8) is 0 Å². The molecule has 3 rings (SSSR count). The lowest BCUT2D eigenvalue weighted by Crippen LogP contribution is -2.46. The lowest BCUT2D eigenvalue weighted by atomic mass is 9.97. The summed E-state index contributed by atoms with van der Waals surface area (Å²) >= 11 is 1.15. The summed E-state index contributed by atoms with van der Waals surface area (Å²) in [5.74, 6) is -1.35. The molecule has 2 aromatic rings. The van der Waals surface area contributed by atoms with Crippen molar-refractivity contribution < 1.29 is 19.5 Å². The molecule has 1 aliphatic rings. The molecule has 0 bridgehead atoms. The van der Waals surface area contributed by atoms with Crippen molar-refractivity contribution in [1.29, 1.82) is 0 Å². The Kier molecular flexibility index (Phi) is 6.08. The molecule has 1 unspecified atom stereocenters. The van der Waals surface area contributed by atoms with E-state index >= 15 is 0 Å². The molecule has 0 saturated carbocycles. The summed E-state index contributed by atoms with van der Waals surface area (Å²) < 4.78 is 0. The smallest absolute Gasteiger partial charge is 0.345 e. The minimum atomic E-state index is -0.968. The monoisotopic (exact) mass is 387 g/mol. The van der Waals surface area contributed by atoms with Crippen molar-refractivity contribution in [3.05, 3.63) is 52.2 Å². The molecule has 3 N–H and O–H groups in total. The highest BCUT2D eigenvalue weighted by Gasteiger charge is 2.28. The molecule has 0 spiro atoms. The van der Waals surface area contributed by atoms with E-state index < -0.39 is 5.97 Å². The molecule has 1 saturated heterocycles. The summed E-state index contributed by atoms with van der Waals surface area (Å²) in [6.45, 7) is 1.29. The molecule has 1 atom stereocenters. The number of anilines is 1. The SMILES string of the molecule is O=C(O)c1ccc(CNC(=O)C2CCCN(C(=O)Nc3ccccc3)C2)s1. The van der Waals surface area contributed by atoms with Gasteiger partial charge in [0.15, 0.2) is 0 Å². The Morgan fingerprint density at radius 3 is 2.63 bits per heavy atom. The molecule has 2 heterocycles. The molecule has 8 heteroatoms. The average molecular weight is 387 g/mol. The van der Waals surface area contributed by atoms with E-state index in [1.54, 1.807) is 11.0 Å². The van der Waals surface area contributed by atoms with Gasteiger partial charge in [0.1, 0.15) is 4.88 Å². The number of amides is 3. The molecule has 0 aliphatic carbocycles. The van der Waals surface area contributed by atoms with E-state index in [0.717, 1.165) is 34.7 Å². The molecule has 142 valence electrons. The molecule has 1 aliphatic heterocycles. The van der Waals surface area contributed by atoms with Crippen LogP contribution in [-0.2, 0) is 11.3 Å². The third kappa shape index (κ3) is 5.07. The molecule has 7 nitrogen and oxygen atoms in total. The molecule has 1 fully saturated rings. The van der Waals surface area contributed by atoms with Gasteiger partial charge >= 0.3 is 12.0 Å². The van der Waals surface area contributed by atoms with E-state index in [1.165, 1.54) is 6.07 Å². The van der Waals surface area contributed by atoms with Gasteiger partial charge in [-0.1, -0.05) is 18.2 Å². The number of thiophene rings is 1. The summed E-state index contributed by atoms with van der Waals surface area (Å²) in [5.41, 5.74) is 0.723. The number of carboxylic acid groups (broad SMARTS) is 1. The van der Waals surface area contributed by atoms with E-state index in [9.17, 15) is 14.4 Å². The van der Waals surface area contributed by atoms with Crippen LogP contribution in [0.15, 0.2) is 42.5 Å². The summed E-state index contributed by atoms with van der Waals surface area (Å²) in [6.07, 6.45) is 1.49. The number of hydrogen-bond donors (Lipinski definition) is 3. The topological polar surface area (TPSA) is 98.7 Å². The number of para-hydroxylation sites is 1. The van der Waals surface area contributed by atoms with Gasteiger partial charge in [-0.25, -0.2) is 9.59 Å². The molecule has 27 heavy (non-hydrogen) atoms. The number of carboxylic acids is 1. The highest BCUT2D eigenvalue weighted by Crippen LogP contribution is 2.20. The van der Waals surface area contributed by atoms with Crippen LogP contribution in [0.25, 0.3) is 0 Å². The van der Waals surface area contributed by atoms with Crippen molar-refractivity contribution in [2.24, 2.45) is 5.92 Å². The molecular weight excluding hydrogens is 366 g/mol. The van der Waals surface area contributed by atoms with Crippen LogP contribution in [0.1, 0.15) is 27.4 Å². The van der Waals surface area contributed by atoms with Crippen molar-refractivity contribution in [2.45, 2.75) is 19.4 Å². The van der Waals surface area contributed by atoms with Crippen LogP contribution in [0.2, 0.25) is 0 Å². The predicted octanol–water partition coefficient (Wildman–Crippen LogP) is 3.01. The Balaban J connectivity index is 1.51. The van der Waals surface area contributed by atoms with Gasteiger partial charge in [-0.15, -0.1) is 11.3 Å². The maximum absolute atomic E-state index is 12.5. The van der Waals surface area contributed by atoms with Crippen LogP contribution in [0.4, 0.5) is 10.5 Å². The second-order valence-electron chi connectivity index (χ2n) is 6.37. The number of benzene rings is 1. The van der Waals surface area contributed by atoms with Gasteiger partial charge < -0.3 is 20.6 Å². The molecule has 1 aromatic heterocycles.